The molecule has 4 rings (SSSR count). The van der Waals surface area contributed by atoms with Crippen molar-refractivity contribution in [3.05, 3.63) is 69.5 Å². The van der Waals surface area contributed by atoms with Crippen LogP contribution in [0.15, 0.2) is 53.3 Å². The van der Waals surface area contributed by atoms with E-state index in [-0.39, 0.29) is 5.56 Å². The summed E-state index contributed by atoms with van der Waals surface area (Å²) < 4.78 is 1.75. The molecule has 0 spiro atoms. The van der Waals surface area contributed by atoms with Gasteiger partial charge in [-0.3, -0.25) is 9.36 Å². The van der Waals surface area contributed by atoms with Crippen molar-refractivity contribution in [1.29, 1.82) is 0 Å². The number of hydrogen-bond donors (Lipinski definition) is 0. The second-order valence-electron chi connectivity index (χ2n) is 5.40. The molecule has 0 atom stereocenters. The van der Waals surface area contributed by atoms with E-state index in [2.05, 4.69) is 9.88 Å². The van der Waals surface area contributed by atoms with Crippen molar-refractivity contribution in [3.63, 3.8) is 0 Å². The van der Waals surface area contributed by atoms with Gasteiger partial charge in [0.25, 0.3) is 5.56 Å². The first kappa shape index (κ1) is 13.3. The van der Waals surface area contributed by atoms with Gasteiger partial charge in [0.05, 0.1) is 10.9 Å². The zero-order chi connectivity index (χ0) is 15.1. The summed E-state index contributed by atoms with van der Waals surface area (Å²) in [5.74, 6) is 0.726. The van der Waals surface area contributed by atoms with Gasteiger partial charge in [-0.25, -0.2) is 4.98 Å². The lowest BCUT2D eigenvalue weighted by Crippen LogP contribution is -2.23. The van der Waals surface area contributed by atoms with E-state index in [9.17, 15) is 4.79 Å². The molecule has 22 heavy (non-hydrogen) atoms. The molecule has 0 N–H and O–H groups in total. The SMILES string of the molecule is O=c1c2ccccc2nc2n1CCN2Cc1ccccc1Cl. The van der Waals surface area contributed by atoms with Gasteiger partial charge in [0.1, 0.15) is 0 Å². The van der Waals surface area contributed by atoms with Crippen molar-refractivity contribution in [2.45, 2.75) is 13.1 Å². The Morgan fingerprint density at radius 1 is 1.05 bits per heavy atom. The summed E-state index contributed by atoms with van der Waals surface area (Å²) in [4.78, 5) is 19.3. The highest BCUT2D eigenvalue weighted by Crippen LogP contribution is 2.24. The van der Waals surface area contributed by atoms with Gasteiger partial charge in [-0.15, -0.1) is 0 Å². The molecular formula is C17H14ClN3O. The molecule has 110 valence electrons. The van der Waals surface area contributed by atoms with Gasteiger partial charge in [0.15, 0.2) is 0 Å². The Balaban J connectivity index is 1.79. The number of rotatable bonds is 2. The maximum atomic E-state index is 12.6. The summed E-state index contributed by atoms with van der Waals surface area (Å²) in [6.45, 7) is 2.09. The summed E-state index contributed by atoms with van der Waals surface area (Å²) in [5.41, 5.74) is 1.81. The fraction of sp³-hybridized carbons (Fsp3) is 0.176. The van der Waals surface area contributed by atoms with E-state index in [1.54, 1.807) is 4.57 Å². The lowest BCUT2D eigenvalue weighted by Gasteiger charge is -2.18. The van der Waals surface area contributed by atoms with Gasteiger partial charge in [-0.2, -0.15) is 0 Å². The van der Waals surface area contributed by atoms with Crippen LogP contribution in [-0.4, -0.2) is 16.1 Å². The van der Waals surface area contributed by atoms with E-state index in [0.717, 1.165) is 28.6 Å². The number of halogens is 1. The Hall–Kier alpha value is -2.33. The summed E-state index contributed by atoms with van der Waals surface area (Å²) in [6, 6.07) is 15.3. The maximum absolute atomic E-state index is 12.6. The van der Waals surface area contributed by atoms with Crippen molar-refractivity contribution in [1.82, 2.24) is 9.55 Å². The van der Waals surface area contributed by atoms with Gasteiger partial charge in [-0.1, -0.05) is 41.9 Å². The van der Waals surface area contributed by atoms with Crippen LogP contribution < -0.4 is 10.5 Å². The minimum Gasteiger partial charge on any atom is -0.336 e. The van der Waals surface area contributed by atoms with Crippen molar-refractivity contribution >= 4 is 28.5 Å². The Bertz CT molecular complexity index is 919. The van der Waals surface area contributed by atoms with Crippen LogP contribution in [0.25, 0.3) is 10.9 Å². The smallest absolute Gasteiger partial charge is 0.262 e. The molecule has 1 aromatic heterocycles. The highest BCUT2D eigenvalue weighted by Gasteiger charge is 2.23. The summed E-state index contributed by atoms with van der Waals surface area (Å²) >= 11 is 6.24. The lowest BCUT2D eigenvalue weighted by atomic mass is 10.2. The molecule has 4 nitrogen and oxygen atoms in total. The molecule has 0 bridgehead atoms. The molecule has 1 aliphatic rings. The average molecular weight is 312 g/mol. The number of anilines is 1. The van der Waals surface area contributed by atoms with Crippen LogP contribution in [0.5, 0.6) is 0 Å². The zero-order valence-electron chi connectivity index (χ0n) is 11.9. The topological polar surface area (TPSA) is 38.1 Å². The average Bonchev–Trinajstić information content (AvgIpc) is 2.93. The van der Waals surface area contributed by atoms with Crippen molar-refractivity contribution in [2.75, 3.05) is 11.4 Å². The predicted octanol–water partition coefficient (Wildman–Crippen LogP) is 3.07. The molecule has 3 aromatic rings. The van der Waals surface area contributed by atoms with Crippen LogP contribution >= 0.6 is 11.6 Å². The normalized spacial score (nSPS) is 13.6. The molecule has 0 saturated heterocycles. The van der Waals surface area contributed by atoms with Crippen molar-refractivity contribution in [3.8, 4) is 0 Å². The minimum atomic E-state index is 0.0299. The van der Waals surface area contributed by atoms with Gasteiger partial charge in [-0.05, 0) is 23.8 Å². The van der Waals surface area contributed by atoms with Crippen molar-refractivity contribution in [2.24, 2.45) is 0 Å². The van der Waals surface area contributed by atoms with Crippen LogP contribution in [0.2, 0.25) is 5.02 Å². The number of hydrogen-bond acceptors (Lipinski definition) is 3. The van der Waals surface area contributed by atoms with E-state index in [4.69, 9.17) is 11.6 Å². The first-order chi connectivity index (χ1) is 10.7. The molecule has 0 amide bonds. The van der Waals surface area contributed by atoms with Crippen molar-refractivity contribution < 1.29 is 0 Å². The fourth-order valence-corrected chi connectivity index (χ4v) is 3.10. The number of aromatic nitrogens is 2. The Morgan fingerprint density at radius 2 is 1.82 bits per heavy atom. The minimum absolute atomic E-state index is 0.0299. The van der Waals surface area contributed by atoms with E-state index in [1.807, 2.05) is 48.5 Å². The maximum Gasteiger partial charge on any atom is 0.262 e. The third-order valence-electron chi connectivity index (χ3n) is 4.04. The molecule has 5 heteroatoms. The molecule has 2 aromatic carbocycles. The number of benzene rings is 2. The number of fused-ring (bicyclic) bond motifs is 2. The van der Waals surface area contributed by atoms with Gasteiger partial charge in [0, 0.05) is 24.7 Å². The van der Waals surface area contributed by atoms with Gasteiger partial charge in [0.2, 0.25) is 5.95 Å². The van der Waals surface area contributed by atoms with E-state index in [1.165, 1.54) is 0 Å². The zero-order valence-corrected chi connectivity index (χ0v) is 12.6. The Labute approximate surface area is 132 Å². The van der Waals surface area contributed by atoms with Crippen LogP contribution in [-0.2, 0) is 13.1 Å². The highest BCUT2D eigenvalue weighted by molar-refractivity contribution is 6.31. The Kier molecular flexibility index (Phi) is 3.12. The molecule has 0 fully saturated rings. The highest BCUT2D eigenvalue weighted by atomic mass is 35.5. The largest absolute Gasteiger partial charge is 0.336 e. The van der Waals surface area contributed by atoms with Crippen LogP contribution in [0.3, 0.4) is 0 Å². The first-order valence-electron chi connectivity index (χ1n) is 7.22. The molecule has 2 heterocycles. The van der Waals surface area contributed by atoms with Gasteiger partial charge < -0.3 is 4.90 Å². The summed E-state index contributed by atoms with van der Waals surface area (Å²) in [6.07, 6.45) is 0. The fourth-order valence-electron chi connectivity index (χ4n) is 2.90. The van der Waals surface area contributed by atoms with Gasteiger partial charge >= 0.3 is 0 Å². The van der Waals surface area contributed by atoms with E-state index >= 15 is 0 Å². The number of nitrogens with zero attached hydrogens (tertiary/aromatic N) is 3. The second-order valence-corrected chi connectivity index (χ2v) is 5.81. The summed E-state index contributed by atoms with van der Waals surface area (Å²) in [7, 11) is 0. The molecule has 0 unspecified atom stereocenters. The third kappa shape index (κ3) is 2.07. The lowest BCUT2D eigenvalue weighted by molar-refractivity contribution is 0.753. The molecule has 1 aliphatic heterocycles. The monoisotopic (exact) mass is 311 g/mol. The first-order valence-corrected chi connectivity index (χ1v) is 7.60. The number of para-hydroxylation sites is 1. The molecule has 0 saturated carbocycles. The quantitative estimate of drug-likeness (QED) is 0.730. The second kappa shape index (κ2) is 5.14. The van der Waals surface area contributed by atoms with Crippen LogP contribution in [0, 0.1) is 0 Å². The standard InChI is InChI=1S/C17H14ClN3O/c18-14-7-3-1-5-12(14)11-20-9-10-21-16(22)13-6-2-4-8-15(13)19-17(20)21/h1-8H,9-11H2. The molecule has 0 radical (unpaired) electrons. The summed E-state index contributed by atoms with van der Waals surface area (Å²) in [5, 5.41) is 1.41. The molecule has 0 aliphatic carbocycles. The van der Waals surface area contributed by atoms with Crippen LogP contribution in [0.1, 0.15) is 5.56 Å². The third-order valence-corrected chi connectivity index (χ3v) is 4.41. The Morgan fingerprint density at radius 3 is 2.68 bits per heavy atom. The molecular weight excluding hydrogens is 298 g/mol. The van der Waals surface area contributed by atoms with E-state index < -0.39 is 0 Å². The van der Waals surface area contributed by atoms with Crippen LogP contribution in [0.4, 0.5) is 5.95 Å². The van der Waals surface area contributed by atoms with E-state index in [0.29, 0.717) is 18.5 Å². The predicted molar refractivity (Wildman–Crippen MR) is 88.5 cm³/mol.